The van der Waals surface area contributed by atoms with Crippen molar-refractivity contribution in [2.75, 3.05) is 26.7 Å². The van der Waals surface area contributed by atoms with Gasteiger partial charge in [-0.3, -0.25) is 4.90 Å². The van der Waals surface area contributed by atoms with E-state index in [1.165, 1.54) is 5.56 Å². The Balaban J connectivity index is 1.88. The van der Waals surface area contributed by atoms with Gasteiger partial charge in [0, 0.05) is 13.1 Å². The SMILES string of the molecule is CN1CC(Oc2cccc(CCCN)c2)C1. The van der Waals surface area contributed by atoms with Crippen LogP contribution >= 0.6 is 0 Å². The molecule has 0 aromatic heterocycles. The van der Waals surface area contributed by atoms with E-state index < -0.39 is 0 Å². The molecular formula is C13H20N2O. The third kappa shape index (κ3) is 2.97. The molecule has 0 atom stereocenters. The van der Waals surface area contributed by atoms with Crippen molar-refractivity contribution in [3.8, 4) is 5.75 Å². The summed E-state index contributed by atoms with van der Waals surface area (Å²) in [6, 6.07) is 8.36. The first-order chi connectivity index (χ1) is 7.78. The summed E-state index contributed by atoms with van der Waals surface area (Å²) in [4.78, 5) is 2.25. The van der Waals surface area contributed by atoms with E-state index in [1.807, 2.05) is 6.07 Å². The molecule has 0 bridgehead atoms. The zero-order valence-electron chi connectivity index (χ0n) is 9.86. The van der Waals surface area contributed by atoms with Crippen LogP contribution in [0.25, 0.3) is 0 Å². The first-order valence-corrected chi connectivity index (χ1v) is 5.92. The molecule has 0 unspecified atom stereocenters. The Bertz CT molecular complexity index is 334. The van der Waals surface area contributed by atoms with Crippen LogP contribution in [0.15, 0.2) is 24.3 Å². The van der Waals surface area contributed by atoms with Crippen LogP contribution in [0.5, 0.6) is 5.75 Å². The highest BCUT2D eigenvalue weighted by atomic mass is 16.5. The van der Waals surface area contributed by atoms with Crippen LogP contribution in [-0.2, 0) is 6.42 Å². The van der Waals surface area contributed by atoms with Gasteiger partial charge in [-0.25, -0.2) is 0 Å². The molecule has 0 radical (unpaired) electrons. The van der Waals surface area contributed by atoms with Gasteiger partial charge in [-0.2, -0.15) is 0 Å². The lowest BCUT2D eigenvalue weighted by Gasteiger charge is -2.36. The number of hydrogen-bond acceptors (Lipinski definition) is 3. The zero-order chi connectivity index (χ0) is 11.4. The second-order valence-corrected chi connectivity index (χ2v) is 4.50. The Morgan fingerprint density at radius 3 is 2.94 bits per heavy atom. The molecule has 0 saturated carbocycles. The molecule has 0 amide bonds. The minimum atomic E-state index is 0.370. The summed E-state index contributed by atoms with van der Waals surface area (Å²) in [6.07, 6.45) is 2.45. The van der Waals surface area contributed by atoms with Crippen molar-refractivity contribution >= 4 is 0 Å². The van der Waals surface area contributed by atoms with Gasteiger partial charge in [-0.1, -0.05) is 12.1 Å². The quantitative estimate of drug-likeness (QED) is 0.812. The second-order valence-electron chi connectivity index (χ2n) is 4.50. The Morgan fingerprint density at radius 1 is 1.44 bits per heavy atom. The molecule has 0 spiro atoms. The fourth-order valence-electron chi connectivity index (χ4n) is 1.99. The Kier molecular flexibility index (Phi) is 3.80. The van der Waals surface area contributed by atoms with E-state index in [-0.39, 0.29) is 0 Å². The van der Waals surface area contributed by atoms with Crippen molar-refractivity contribution in [1.82, 2.24) is 4.90 Å². The molecule has 2 N–H and O–H groups in total. The summed E-state index contributed by atoms with van der Waals surface area (Å²) in [6.45, 7) is 2.82. The highest BCUT2D eigenvalue weighted by Gasteiger charge is 2.24. The number of nitrogens with two attached hydrogens (primary N) is 1. The maximum atomic E-state index is 5.87. The van der Waals surface area contributed by atoms with E-state index in [4.69, 9.17) is 10.5 Å². The standard InChI is InChI=1S/C13H20N2O/c1-15-9-13(10-15)16-12-6-2-4-11(8-12)5-3-7-14/h2,4,6,8,13H,3,5,7,9-10,14H2,1H3. The van der Waals surface area contributed by atoms with E-state index in [2.05, 4.69) is 30.1 Å². The molecule has 16 heavy (non-hydrogen) atoms. The number of hydrogen-bond donors (Lipinski definition) is 1. The van der Waals surface area contributed by atoms with Gasteiger partial charge < -0.3 is 10.5 Å². The molecule has 88 valence electrons. The van der Waals surface area contributed by atoms with Crippen molar-refractivity contribution in [3.05, 3.63) is 29.8 Å². The average molecular weight is 220 g/mol. The average Bonchev–Trinajstić information content (AvgIpc) is 2.25. The normalized spacial score (nSPS) is 17.1. The minimum absolute atomic E-state index is 0.370. The molecule has 1 aliphatic rings. The summed E-state index contributed by atoms with van der Waals surface area (Å²) in [5, 5.41) is 0. The molecule has 2 rings (SSSR count). The Morgan fingerprint density at radius 2 is 2.25 bits per heavy atom. The molecule has 1 aromatic carbocycles. The smallest absolute Gasteiger partial charge is 0.124 e. The lowest BCUT2D eigenvalue weighted by Crippen LogP contribution is -2.51. The van der Waals surface area contributed by atoms with Gasteiger partial charge in [0.1, 0.15) is 11.9 Å². The lowest BCUT2D eigenvalue weighted by atomic mass is 10.1. The van der Waals surface area contributed by atoms with Crippen molar-refractivity contribution < 1.29 is 4.74 Å². The molecule has 1 aromatic rings. The summed E-state index contributed by atoms with van der Waals surface area (Å²) in [7, 11) is 2.11. The minimum Gasteiger partial charge on any atom is -0.488 e. The third-order valence-electron chi connectivity index (χ3n) is 2.90. The molecule has 1 heterocycles. The number of aryl methyl sites for hydroxylation is 1. The topological polar surface area (TPSA) is 38.5 Å². The van der Waals surface area contributed by atoms with Crippen LogP contribution in [0.2, 0.25) is 0 Å². The van der Waals surface area contributed by atoms with Gasteiger partial charge in [0.25, 0.3) is 0 Å². The van der Waals surface area contributed by atoms with E-state index in [9.17, 15) is 0 Å². The predicted octanol–water partition coefficient (Wildman–Crippen LogP) is 1.27. The first kappa shape index (κ1) is 11.4. The number of likely N-dealkylation sites (tertiary alicyclic amines) is 1. The summed E-state index contributed by atoms with van der Waals surface area (Å²) >= 11 is 0. The molecule has 1 aliphatic heterocycles. The van der Waals surface area contributed by atoms with E-state index in [0.29, 0.717) is 6.10 Å². The Hall–Kier alpha value is -1.06. The van der Waals surface area contributed by atoms with Crippen molar-refractivity contribution in [3.63, 3.8) is 0 Å². The number of likely N-dealkylation sites (N-methyl/N-ethyl adjacent to an activating group) is 1. The molecule has 3 nitrogen and oxygen atoms in total. The van der Waals surface area contributed by atoms with Crippen molar-refractivity contribution in [2.45, 2.75) is 18.9 Å². The fraction of sp³-hybridized carbons (Fsp3) is 0.538. The van der Waals surface area contributed by atoms with Gasteiger partial charge in [0.15, 0.2) is 0 Å². The zero-order valence-corrected chi connectivity index (χ0v) is 9.86. The van der Waals surface area contributed by atoms with E-state index in [0.717, 1.165) is 38.2 Å². The maximum absolute atomic E-state index is 5.87. The van der Waals surface area contributed by atoms with Gasteiger partial charge >= 0.3 is 0 Å². The fourth-order valence-corrected chi connectivity index (χ4v) is 1.99. The van der Waals surface area contributed by atoms with Gasteiger partial charge in [-0.05, 0) is 44.1 Å². The number of benzene rings is 1. The molecular weight excluding hydrogens is 200 g/mol. The molecule has 1 fully saturated rings. The highest BCUT2D eigenvalue weighted by molar-refractivity contribution is 5.29. The summed E-state index contributed by atoms with van der Waals surface area (Å²) in [5.74, 6) is 0.993. The highest BCUT2D eigenvalue weighted by Crippen LogP contribution is 2.19. The van der Waals surface area contributed by atoms with Crippen LogP contribution in [-0.4, -0.2) is 37.7 Å². The largest absolute Gasteiger partial charge is 0.488 e. The van der Waals surface area contributed by atoms with Crippen LogP contribution in [0.3, 0.4) is 0 Å². The van der Waals surface area contributed by atoms with Crippen LogP contribution in [0.1, 0.15) is 12.0 Å². The summed E-state index contributed by atoms with van der Waals surface area (Å²) in [5.41, 5.74) is 6.82. The van der Waals surface area contributed by atoms with E-state index in [1.54, 1.807) is 0 Å². The van der Waals surface area contributed by atoms with Crippen molar-refractivity contribution in [2.24, 2.45) is 5.73 Å². The monoisotopic (exact) mass is 220 g/mol. The second kappa shape index (κ2) is 5.32. The molecule has 3 heteroatoms. The third-order valence-corrected chi connectivity index (χ3v) is 2.90. The Labute approximate surface area is 97.2 Å². The van der Waals surface area contributed by atoms with Crippen LogP contribution < -0.4 is 10.5 Å². The summed E-state index contributed by atoms with van der Waals surface area (Å²) < 4.78 is 5.87. The van der Waals surface area contributed by atoms with E-state index >= 15 is 0 Å². The van der Waals surface area contributed by atoms with Gasteiger partial charge in [0.05, 0.1) is 0 Å². The number of nitrogens with zero attached hydrogens (tertiary/aromatic N) is 1. The lowest BCUT2D eigenvalue weighted by molar-refractivity contribution is 0.0388. The number of ether oxygens (including phenoxy) is 1. The predicted molar refractivity (Wildman–Crippen MR) is 65.7 cm³/mol. The maximum Gasteiger partial charge on any atom is 0.124 e. The first-order valence-electron chi connectivity index (χ1n) is 5.92. The molecule has 0 aliphatic carbocycles. The molecule has 1 saturated heterocycles. The van der Waals surface area contributed by atoms with Crippen LogP contribution in [0.4, 0.5) is 0 Å². The van der Waals surface area contributed by atoms with Crippen molar-refractivity contribution in [1.29, 1.82) is 0 Å². The van der Waals surface area contributed by atoms with Gasteiger partial charge in [0.2, 0.25) is 0 Å². The van der Waals surface area contributed by atoms with Crippen LogP contribution in [0, 0.1) is 0 Å². The number of rotatable bonds is 5. The van der Waals surface area contributed by atoms with Gasteiger partial charge in [-0.15, -0.1) is 0 Å².